The van der Waals surface area contributed by atoms with Gasteiger partial charge in [0.15, 0.2) is 11.2 Å². The lowest BCUT2D eigenvalue weighted by Crippen LogP contribution is -2.37. The second-order valence-corrected chi connectivity index (χ2v) is 5.91. The third kappa shape index (κ3) is 4.08. The van der Waals surface area contributed by atoms with E-state index >= 15 is 0 Å². The highest BCUT2D eigenvalue weighted by Gasteiger charge is 2.25. The summed E-state index contributed by atoms with van der Waals surface area (Å²) in [6.07, 6.45) is 3.62. The molecular weight excluding hydrogens is 308 g/mol. The van der Waals surface area contributed by atoms with Gasteiger partial charge in [0, 0.05) is 31.5 Å². The van der Waals surface area contributed by atoms with Crippen LogP contribution in [0.4, 0.5) is 0 Å². The summed E-state index contributed by atoms with van der Waals surface area (Å²) in [6, 6.07) is 8.16. The van der Waals surface area contributed by atoms with E-state index in [1.54, 1.807) is 18.0 Å². The number of nitrogens with zero attached hydrogens (tertiary/aromatic N) is 2. The van der Waals surface area contributed by atoms with Crippen LogP contribution in [0.1, 0.15) is 34.9 Å². The van der Waals surface area contributed by atoms with Crippen LogP contribution in [0.2, 0.25) is 0 Å². The molecule has 24 heavy (non-hydrogen) atoms. The van der Waals surface area contributed by atoms with Crippen molar-refractivity contribution in [2.75, 3.05) is 13.2 Å². The molecule has 0 saturated carbocycles. The van der Waals surface area contributed by atoms with Crippen LogP contribution in [0.15, 0.2) is 45.7 Å². The zero-order chi connectivity index (χ0) is 16.9. The highest BCUT2D eigenvalue weighted by atomic mass is 16.5. The molecule has 1 amide bonds. The zero-order valence-corrected chi connectivity index (χ0v) is 13.6. The van der Waals surface area contributed by atoms with Crippen LogP contribution < -0.4 is 5.43 Å². The van der Waals surface area contributed by atoms with Gasteiger partial charge in [-0.15, -0.1) is 0 Å². The van der Waals surface area contributed by atoms with Crippen molar-refractivity contribution >= 4 is 5.91 Å². The van der Waals surface area contributed by atoms with Crippen molar-refractivity contribution in [2.45, 2.75) is 32.4 Å². The standard InChI is InChI=1S/C18H20N2O4/c1-13-9-15(21)10-17(24-13)18(22)20(12-16-6-4-8-23-16)11-14-5-2-3-7-19-14/h2-3,5,7,9-10,16H,4,6,8,11-12H2,1H3/t16-/m1/s1. The van der Waals surface area contributed by atoms with Gasteiger partial charge in [-0.2, -0.15) is 0 Å². The van der Waals surface area contributed by atoms with Crippen LogP contribution in [-0.2, 0) is 11.3 Å². The molecule has 2 aromatic rings. The van der Waals surface area contributed by atoms with E-state index in [0.29, 0.717) is 18.8 Å². The maximum absolute atomic E-state index is 12.9. The maximum Gasteiger partial charge on any atom is 0.290 e. The number of amides is 1. The lowest BCUT2D eigenvalue weighted by molar-refractivity contribution is 0.0478. The van der Waals surface area contributed by atoms with Crippen molar-refractivity contribution in [3.63, 3.8) is 0 Å². The van der Waals surface area contributed by atoms with Crippen molar-refractivity contribution in [1.82, 2.24) is 9.88 Å². The molecule has 1 saturated heterocycles. The number of rotatable bonds is 5. The Balaban J connectivity index is 1.84. The Bertz CT molecular complexity index is 751. The molecule has 3 heterocycles. The van der Waals surface area contributed by atoms with E-state index in [4.69, 9.17) is 9.15 Å². The van der Waals surface area contributed by atoms with Crippen LogP contribution in [0.25, 0.3) is 0 Å². The Morgan fingerprint density at radius 3 is 2.92 bits per heavy atom. The molecule has 1 fully saturated rings. The number of aryl methyl sites for hydroxylation is 1. The number of ether oxygens (including phenoxy) is 1. The third-order valence-corrected chi connectivity index (χ3v) is 3.91. The molecule has 1 atom stereocenters. The van der Waals surface area contributed by atoms with E-state index in [1.165, 1.54) is 12.1 Å². The molecular formula is C18H20N2O4. The van der Waals surface area contributed by atoms with Crippen LogP contribution in [-0.4, -0.2) is 35.0 Å². The van der Waals surface area contributed by atoms with Gasteiger partial charge in [0.2, 0.25) is 0 Å². The Morgan fingerprint density at radius 1 is 1.38 bits per heavy atom. The fourth-order valence-corrected chi connectivity index (χ4v) is 2.81. The number of pyridine rings is 1. The number of aromatic nitrogens is 1. The molecule has 0 unspecified atom stereocenters. The van der Waals surface area contributed by atoms with Gasteiger partial charge in [0.25, 0.3) is 5.91 Å². The number of carbonyl (C=O) groups excluding carboxylic acids is 1. The highest BCUT2D eigenvalue weighted by Crippen LogP contribution is 2.17. The Labute approximate surface area is 140 Å². The average molecular weight is 328 g/mol. The molecule has 1 aliphatic heterocycles. The van der Waals surface area contributed by atoms with Crippen LogP contribution in [0.5, 0.6) is 0 Å². The molecule has 1 aliphatic rings. The minimum Gasteiger partial charge on any atom is -0.456 e. The Morgan fingerprint density at radius 2 is 2.25 bits per heavy atom. The van der Waals surface area contributed by atoms with Gasteiger partial charge in [-0.3, -0.25) is 14.6 Å². The van der Waals surface area contributed by atoms with Gasteiger partial charge in [0.05, 0.1) is 18.3 Å². The summed E-state index contributed by atoms with van der Waals surface area (Å²) in [5.74, 6) is 0.145. The molecule has 0 spiro atoms. The van der Waals surface area contributed by atoms with E-state index in [1.807, 2.05) is 18.2 Å². The van der Waals surface area contributed by atoms with Crippen LogP contribution in [0.3, 0.4) is 0 Å². The fourth-order valence-electron chi connectivity index (χ4n) is 2.81. The van der Waals surface area contributed by atoms with Gasteiger partial charge in [-0.05, 0) is 31.9 Å². The summed E-state index contributed by atoms with van der Waals surface area (Å²) in [4.78, 5) is 30.4. The smallest absolute Gasteiger partial charge is 0.290 e. The highest BCUT2D eigenvalue weighted by molar-refractivity contribution is 5.91. The number of hydrogen-bond donors (Lipinski definition) is 0. The summed E-state index contributed by atoms with van der Waals surface area (Å²) < 4.78 is 11.1. The SMILES string of the molecule is Cc1cc(=O)cc(C(=O)N(Cc2ccccn2)C[C@H]2CCCO2)o1. The molecule has 3 rings (SSSR count). The van der Waals surface area contributed by atoms with Gasteiger partial charge < -0.3 is 14.1 Å². The van der Waals surface area contributed by atoms with E-state index in [2.05, 4.69) is 4.98 Å². The third-order valence-electron chi connectivity index (χ3n) is 3.91. The Hall–Kier alpha value is -2.47. The summed E-state index contributed by atoms with van der Waals surface area (Å²) in [5, 5.41) is 0. The van der Waals surface area contributed by atoms with Crippen molar-refractivity contribution in [3.8, 4) is 0 Å². The second-order valence-electron chi connectivity index (χ2n) is 5.91. The normalized spacial score (nSPS) is 17.0. The van der Waals surface area contributed by atoms with Crippen molar-refractivity contribution < 1.29 is 13.9 Å². The monoisotopic (exact) mass is 328 g/mol. The zero-order valence-electron chi connectivity index (χ0n) is 13.6. The predicted molar refractivity (Wildman–Crippen MR) is 87.7 cm³/mol. The van der Waals surface area contributed by atoms with Crippen molar-refractivity contribution in [3.05, 3.63) is 64.0 Å². The van der Waals surface area contributed by atoms with E-state index < -0.39 is 0 Å². The first-order valence-electron chi connectivity index (χ1n) is 8.04. The summed E-state index contributed by atoms with van der Waals surface area (Å²) >= 11 is 0. The van der Waals surface area contributed by atoms with E-state index in [0.717, 1.165) is 25.1 Å². The molecule has 0 N–H and O–H groups in total. The summed E-state index contributed by atoms with van der Waals surface area (Å²) in [7, 11) is 0. The van der Waals surface area contributed by atoms with Gasteiger partial charge in [0.1, 0.15) is 5.76 Å². The molecule has 0 bridgehead atoms. The maximum atomic E-state index is 12.9. The van der Waals surface area contributed by atoms with Gasteiger partial charge in [-0.1, -0.05) is 6.07 Å². The molecule has 2 aromatic heterocycles. The first-order chi connectivity index (χ1) is 11.6. The van der Waals surface area contributed by atoms with Gasteiger partial charge >= 0.3 is 0 Å². The molecule has 0 aliphatic carbocycles. The minimum absolute atomic E-state index is 0.00851. The lowest BCUT2D eigenvalue weighted by atomic mass is 10.2. The lowest BCUT2D eigenvalue weighted by Gasteiger charge is -2.24. The summed E-state index contributed by atoms with van der Waals surface area (Å²) in [5.41, 5.74) is 0.538. The largest absolute Gasteiger partial charge is 0.456 e. The molecule has 6 heteroatoms. The fraction of sp³-hybridized carbons (Fsp3) is 0.389. The van der Waals surface area contributed by atoms with Crippen molar-refractivity contribution in [1.29, 1.82) is 0 Å². The first-order valence-corrected chi connectivity index (χ1v) is 8.04. The minimum atomic E-state index is -0.322. The van der Waals surface area contributed by atoms with E-state index in [9.17, 15) is 9.59 Å². The predicted octanol–water partition coefficient (Wildman–Crippen LogP) is 2.16. The molecule has 0 aromatic carbocycles. The molecule has 6 nitrogen and oxygen atoms in total. The first kappa shape index (κ1) is 16.4. The van der Waals surface area contributed by atoms with E-state index in [-0.39, 0.29) is 23.2 Å². The average Bonchev–Trinajstić information content (AvgIpc) is 3.07. The number of hydrogen-bond acceptors (Lipinski definition) is 5. The van der Waals surface area contributed by atoms with Gasteiger partial charge in [-0.25, -0.2) is 0 Å². The van der Waals surface area contributed by atoms with Crippen LogP contribution >= 0.6 is 0 Å². The van der Waals surface area contributed by atoms with Crippen LogP contribution in [0, 0.1) is 6.92 Å². The Kier molecular flexibility index (Phi) is 5.05. The molecule has 126 valence electrons. The molecule has 0 radical (unpaired) electrons. The quantitative estimate of drug-likeness (QED) is 0.841. The topological polar surface area (TPSA) is 72.6 Å². The second kappa shape index (κ2) is 7.40. The summed E-state index contributed by atoms with van der Waals surface area (Å²) in [6.45, 7) is 3.17. The van der Waals surface area contributed by atoms with Crippen molar-refractivity contribution in [2.24, 2.45) is 0 Å². The number of carbonyl (C=O) groups is 1.